The molecule has 7 rings (SSSR count). The van der Waals surface area contributed by atoms with Crippen molar-refractivity contribution in [3.05, 3.63) is 76.8 Å². The summed E-state index contributed by atoms with van der Waals surface area (Å²) >= 11 is 5.89. The van der Waals surface area contributed by atoms with Gasteiger partial charge < -0.3 is 20.4 Å². The molecule has 12 nitrogen and oxygen atoms in total. The van der Waals surface area contributed by atoms with Crippen LogP contribution in [0.3, 0.4) is 0 Å². The highest BCUT2D eigenvalue weighted by molar-refractivity contribution is 7.82. The minimum absolute atomic E-state index is 0.133. The van der Waals surface area contributed by atoms with Gasteiger partial charge in [0.05, 0.1) is 33.9 Å². The maximum absolute atomic E-state index is 14.1. The molecule has 1 aromatic heterocycles. The van der Waals surface area contributed by atoms with Gasteiger partial charge in [0.1, 0.15) is 16.8 Å². The van der Waals surface area contributed by atoms with E-state index in [1.165, 1.54) is 0 Å². The molecule has 2 aromatic carbocycles. The predicted molar refractivity (Wildman–Crippen MR) is 208 cm³/mol. The molecular formula is C39H50ClFN8O4S. The number of hydrogen-bond acceptors (Lipinski definition) is 10. The van der Waals surface area contributed by atoms with E-state index in [4.69, 9.17) is 11.6 Å². The molecule has 5 heterocycles. The average molecular weight is 781 g/mol. The number of rotatable bonds is 10. The standard InChI is InChI=1S/C33H40ClFN6O2S.C6H10N2O2/c34-28-20-36-33(37-21-28)38-29-10-16-41(17-11-29)44(43)31-3-1-2-30(19-31)40-14-6-24(7-15-40)22-39-12-8-25(9-13-39)26-4-5-27(23-42)32(35)18-26;1-7-4-2-3-5(9)8-6(4)10/h1-5,18-21,23-25,29H,6-17,22H2,(H,36,37,38);4,7H,2-3H2,1H3,(H,8,9,10). The van der Waals surface area contributed by atoms with E-state index in [0.29, 0.717) is 41.9 Å². The van der Waals surface area contributed by atoms with Crippen molar-refractivity contribution in [3.63, 3.8) is 0 Å². The second-order valence-electron chi connectivity index (χ2n) is 14.5. The van der Waals surface area contributed by atoms with Gasteiger partial charge in [0, 0.05) is 50.9 Å². The number of piperidine rings is 4. The summed E-state index contributed by atoms with van der Waals surface area (Å²) in [7, 11) is 0.514. The number of imide groups is 1. The summed E-state index contributed by atoms with van der Waals surface area (Å²) in [6.07, 6.45) is 10.9. The average Bonchev–Trinajstić information content (AvgIpc) is 3.20. The van der Waals surface area contributed by atoms with Crippen LogP contribution in [0.4, 0.5) is 16.0 Å². The van der Waals surface area contributed by atoms with Gasteiger partial charge in [0.15, 0.2) is 6.29 Å². The van der Waals surface area contributed by atoms with Crippen molar-refractivity contribution >= 4 is 52.3 Å². The molecule has 0 spiro atoms. The van der Waals surface area contributed by atoms with Gasteiger partial charge in [-0.05, 0) is 113 Å². The molecule has 2 unspecified atom stereocenters. The number of carbonyl (C=O) groups is 3. The van der Waals surface area contributed by atoms with Crippen LogP contribution in [0.1, 0.15) is 73.2 Å². The number of aromatic nitrogens is 2. The van der Waals surface area contributed by atoms with E-state index in [9.17, 15) is 23.0 Å². The van der Waals surface area contributed by atoms with Crippen LogP contribution in [0.2, 0.25) is 5.02 Å². The summed E-state index contributed by atoms with van der Waals surface area (Å²) in [6, 6.07) is 13.4. The zero-order valence-electron chi connectivity index (χ0n) is 30.7. The van der Waals surface area contributed by atoms with Crippen LogP contribution in [0, 0.1) is 11.7 Å². The van der Waals surface area contributed by atoms with Gasteiger partial charge in [-0.2, -0.15) is 0 Å². The molecule has 15 heteroatoms. The van der Waals surface area contributed by atoms with Crippen molar-refractivity contribution in [3.8, 4) is 0 Å². The quantitative estimate of drug-likeness (QED) is 0.195. The number of amides is 2. The highest BCUT2D eigenvalue weighted by Crippen LogP contribution is 2.31. The minimum atomic E-state index is -1.19. The molecule has 4 fully saturated rings. The first kappa shape index (κ1) is 39.9. The van der Waals surface area contributed by atoms with Crippen molar-refractivity contribution in [1.29, 1.82) is 0 Å². The van der Waals surface area contributed by atoms with Gasteiger partial charge in [0.2, 0.25) is 17.8 Å². The summed E-state index contributed by atoms with van der Waals surface area (Å²) < 4.78 is 29.7. The van der Waals surface area contributed by atoms with E-state index < -0.39 is 16.8 Å². The third-order valence-electron chi connectivity index (χ3n) is 11.0. The van der Waals surface area contributed by atoms with E-state index in [-0.39, 0.29) is 29.5 Å². The first-order chi connectivity index (χ1) is 26.2. The summed E-state index contributed by atoms with van der Waals surface area (Å²) in [4.78, 5) is 46.7. The number of benzene rings is 2. The van der Waals surface area contributed by atoms with Gasteiger partial charge in [-0.3, -0.25) is 19.7 Å². The summed E-state index contributed by atoms with van der Waals surface area (Å²) in [6.45, 7) is 6.66. The second-order valence-corrected chi connectivity index (χ2v) is 16.4. The van der Waals surface area contributed by atoms with E-state index in [2.05, 4.69) is 52.2 Å². The number of anilines is 2. The van der Waals surface area contributed by atoms with Crippen molar-refractivity contribution < 1.29 is 23.0 Å². The minimum Gasteiger partial charge on any atom is -0.371 e. The van der Waals surface area contributed by atoms with Gasteiger partial charge in [0.25, 0.3) is 0 Å². The summed E-state index contributed by atoms with van der Waals surface area (Å²) in [5.74, 6) is 0.801. The molecule has 2 atom stereocenters. The molecular weight excluding hydrogens is 731 g/mol. The molecule has 54 heavy (non-hydrogen) atoms. The van der Waals surface area contributed by atoms with Crippen LogP contribution < -0.4 is 20.9 Å². The number of aldehydes is 1. The van der Waals surface area contributed by atoms with Crippen molar-refractivity contribution in [1.82, 2.24) is 29.8 Å². The van der Waals surface area contributed by atoms with E-state index in [1.807, 2.05) is 18.2 Å². The number of hydrogen-bond donors (Lipinski definition) is 3. The lowest BCUT2D eigenvalue weighted by Crippen LogP contribution is -2.49. The van der Waals surface area contributed by atoms with Gasteiger partial charge in [-0.15, -0.1) is 0 Å². The normalized spacial score (nSPS) is 21.5. The molecule has 3 aromatic rings. The van der Waals surface area contributed by atoms with E-state index >= 15 is 0 Å². The smallest absolute Gasteiger partial charge is 0.243 e. The summed E-state index contributed by atoms with van der Waals surface area (Å²) in [5.41, 5.74) is 2.29. The number of likely N-dealkylation sites (N-methyl/N-ethyl adjacent to an activating group) is 1. The number of likely N-dealkylation sites (tertiary alicyclic amines) is 1. The van der Waals surface area contributed by atoms with Crippen LogP contribution in [0.5, 0.6) is 0 Å². The highest BCUT2D eigenvalue weighted by atomic mass is 35.5. The largest absolute Gasteiger partial charge is 0.371 e. The Morgan fingerprint density at radius 2 is 1.67 bits per heavy atom. The zero-order chi connectivity index (χ0) is 38.0. The molecule has 3 N–H and O–H groups in total. The Labute approximate surface area is 324 Å². The van der Waals surface area contributed by atoms with Crippen LogP contribution in [0.25, 0.3) is 0 Å². The zero-order valence-corrected chi connectivity index (χ0v) is 32.3. The predicted octanol–water partition coefficient (Wildman–Crippen LogP) is 4.79. The van der Waals surface area contributed by atoms with Crippen molar-refractivity contribution in [2.45, 2.75) is 74.3 Å². The van der Waals surface area contributed by atoms with Crippen LogP contribution in [-0.4, -0.2) is 106 Å². The molecule has 0 aliphatic carbocycles. The van der Waals surface area contributed by atoms with Crippen LogP contribution >= 0.6 is 11.6 Å². The Hall–Kier alpha value is -3.82. The Balaban J connectivity index is 0.000000432. The molecule has 4 aliphatic rings. The Kier molecular flexibility index (Phi) is 14.1. The lowest BCUT2D eigenvalue weighted by molar-refractivity contribution is -0.134. The summed E-state index contributed by atoms with van der Waals surface area (Å²) in [5, 5.41) is 8.93. The first-order valence-electron chi connectivity index (χ1n) is 18.9. The van der Waals surface area contributed by atoms with E-state index in [0.717, 1.165) is 100 Å². The molecule has 290 valence electrons. The Morgan fingerprint density at radius 1 is 0.944 bits per heavy atom. The number of halogens is 2. The van der Waals surface area contributed by atoms with Gasteiger partial charge >= 0.3 is 0 Å². The van der Waals surface area contributed by atoms with Gasteiger partial charge in [-0.1, -0.05) is 23.7 Å². The SMILES string of the molecule is CNC1CCC(=O)NC1=O.O=Cc1ccc(C2CCN(CC3CCN(c4cccc(S(=O)N5CCC(Nc6ncc(Cl)cn6)CC5)c4)CC3)CC2)cc1F. The second kappa shape index (κ2) is 19.2. The van der Waals surface area contributed by atoms with Crippen LogP contribution in [-0.2, 0) is 20.6 Å². The highest BCUT2D eigenvalue weighted by Gasteiger charge is 2.28. The fraction of sp³-hybridized carbons (Fsp3) is 0.513. The van der Waals surface area contributed by atoms with Crippen molar-refractivity contribution in [2.24, 2.45) is 5.92 Å². The maximum Gasteiger partial charge on any atom is 0.243 e. The number of carbonyl (C=O) groups excluding carboxylic acids is 3. The molecule has 0 bridgehead atoms. The third-order valence-corrected chi connectivity index (χ3v) is 12.6. The number of nitrogens with zero attached hydrogens (tertiary/aromatic N) is 5. The monoisotopic (exact) mass is 780 g/mol. The van der Waals surface area contributed by atoms with E-state index in [1.54, 1.807) is 31.6 Å². The lowest BCUT2D eigenvalue weighted by Gasteiger charge is -2.38. The van der Waals surface area contributed by atoms with Crippen LogP contribution in [0.15, 0.2) is 59.8 Å². The first-order valence-corrected chi connectivity index (χ1v) is 20.4. The fourth-order valence-electron chi connectivity index (χ4n) is 7.72. The fourth-order valence-corrected chi connectivity index (χ4v) is 9.08. The molecule has 0 radical (unpaired) electrons. The molecule has 0 saturated carbocycles. The topological polar surface area (TPSA) is 140 Å². The molecule has 4 aliphatic heterocycles. The lowest BCUT2D eigenvalue weighted by atomic mass is 9.88. The maximum atomic E-state index is 14.1. The molecule has 4 saturated heterocycles. The van der Waals surface area contributed by atoms with Gasteiger partial charge in [-0.25, -0.2) is 22.9 Å². The Bertz CT molecular complexity index is 1760. The van der Waals surface area contributed by atoms with Crippen molar-refractivity contribution in [2.75, 3.05) is 63.1 Å². The number of nitrogens with one attached hydrogen (secondary N) is 3. The molecule has 2 amide bonds. The Morgan fingerprint density at radius 3 is 2.31 bits per heavy atom. The third kappa shape index (κ3) is 10.7.